The minimum atomic E-state index is 0.130. The van der Waals surface area contributed by atoms with Crippen LogP contribution in [0.5, 0.6) is 0 Å². The fourth-order valence-corrected chi connectivity index (χ4v) is 15.3. The van der Waals surface area contributed by atoms with E-state index in [0.717, 1.165) is 25.7 Å². The molecule has 9 fully saturated rings. The van der Waals surface area contributed by atoms with Gasteiger partial charge in [0, 0.05) is 83.8 Å². The highest BCUT2D eigenvalue weighted by atomic mass is 16.1. The summed E-state index contributed by atoms with van der Waals surface area (Å²) in [5, 5.41) is 17.5. The molecule has 52 heavy (non-hydrogen) atoms. The van der Waals surface area contributed by atoms with Gasteiger partial charge in [-0.15, -0.1) is 0 Å². The van der Waals surface area contributed by atoms with Crippen LogP contribution in [0.3, 0.4) is 0 Å². The molecule has 0 radical (unpaired) electrons. The van der Waals surface area contributed by atoms with E-state index in [4.69, 9.17) is 0 Å². The average Bonchev–Trinajstić information content (AvgIpc) is 4.01. The molecule has 4 saturated carbocycles. The number of hydrogen-bond donors (Lipinski definition) is 4. The first kappa shape index (κ1) is 33.0. The quantitative estimate of drug-likeness (QED) is 0.286. The third kappa shape index (κ3) is 5.16. The molecule has 0 amide bonds. The van der Waals surface area contributed by atoms with Gasteiger partial charge in [-0.2, -0.15) is 0 Å². The largest absolute Gasteiger partial charge is 0.310 e. The summed E-state index contributed by atoms with van der Waals surface area (Å²) in [4.78, 5) is 29.2. The molecule has 4 N–H and O–H groups in total. The fourth-order valence-electron chi connectivity index (χ4n) is 15.3. The molecule has 2 aromatic rings. The SMILES string of the molecule is O=C1C2CCCCC2C2C3CCC(N3)C(c3ccccc3)C3CC4C(=O)C5CCCCC5C(C5CCC(N5)C(c5ccccc5)C5CC1C2N5)C4N3. The molecule has 11 rings (SSSR count). The first-order chi connectivity index (χ1) is 25.6. The van der Waals surface area contributed by atoms with Crippen LogP contribution in [-0.2, 0) is 9.59 Å². The molecule has 6 heteroatoms. The molecule has 6 nitrogen and oxygen atoms in total. The molecule has 276 valence electrons. The van der Waals surface area contributed by atoms with Crippen molar-refractivity contribution < 1.29 is 9.59 Å². The van der Waals surface area contributed by atoms with Crippen molar-refractivity contribution in [2.45, 2.75) is 150 Å². The van der Waals surface area contributed by atoms with Crippen LogP contribution in [0.1, 0.15) is 113 Å². The Balaban J connectivity index is 1.04. The smallest absolute Gasteiger partial charge is 0.140 e. The first-order valence-electron chi connectivity index (χ1n) is 21.8. The van der Waals surface area contributed by atoms with Gasteiger partial charge in [0.05, 0.1) is 0 Å². The maximum atomic E-state index is 14.6. The standard InChI is InChI=1S/C46H60N4O2/c51-45-29-17-9-8-16-28(29)42-36-22-20-34(48-36)40(26-13-5-2-6-14-26)38-24-32-44(50-38)41(27-15-7-10-18-30(27)46(32)52)35-21-19-33(47-35)39(25-11-3-1-4-12-25)37-23-31(45)43(42)49-37/h1-6,11-14,27-44,47-50H,7-10,15-24H2. The molecule has 5 heterocycles. The molecule has 4 aliphatic carbocycles. The van der Waals surface area contributed by atoms with Crippen LogP contribution in [0.15, 0.2) is 60.7 Å². The van der Waals surface area contributed by atoms with Crippen LogP contribution >= 0.6 is 0 Å². The van der Waals surface area contributed by atoms with Crippen LogP contribution in [0, 0.1) is 47.3 Å². The van der Waals surface area contributed by atoms with E-state index in [2.05, 4.69) is 81.9 Å². The van der Waals surface area contributed by atoms with E-state index in [1.807, 2.05) is 0 Å². The van der Waals surface area contributed by atoms with Crippen LogP contribution < -0.4 is 21.3 Å². The Kier molecular flexibility index (Phi) is 8.34. The monoisotopic (exact) mass is 700 g/mol. The van der Waals surface area contributed by atoms with E-state index in [-0.39, 0.29) is 35.8 Å². The summed E-state index contributed by atoms with van der Waals surface area (Å²) in [5.74, 6) is 4.54. The van der Waals surface area contributed by atoms with Gasteiger partial charge in [0.1, 0.15) is 11.6 Å². The van der Waals surface area contributed by atoms with Crippen molar-refractivity contribution in [2.24, 2.45) is 47.3 Å². The number of carbonyl (C=O) groups is 2. The van der Waals surface area contributed by atoms with E-state index in [1.54, 1.807) is 0 Å². The summed E-state index contributed by atoms with van der Waals surface area (Å²) < 4.78 is 0. The lowest BCUT2D eigenvalue weighted by Crippen LogP contribution is -2.60. The van der Waals surface area contributed by atoms with Gasteiger partial charge in [0.15, 0.2) is 0 Å². The molecule has 8 bridgehead atoms. The van der Waals surface area contributed by atoms with Crippen molar-refractivity contribution in [3.63, 3.8) is 0 Å². The van der Waals surface area contributed by atoms with Gasteiger partial charge in [-0.25, -0.2) is 0 Å². The Bertz CT molecular complexity index is 1530. The third-order valence-electron chi connectivity index (χ3n) is 17.1. The maximum absolute atomic E-state index is 14.6. The van der Waals surface area contributed by atoms with Crippen LogP contribution in [0.4, 0.5) is 0 Å². The van der Waals surface area contributed by atoms with Crippen LogP contribution in [0.25, 0.3) is 0 Å². The number of Topliss-reactive ketones (excluding diaryl/α,β-unsaturated/α-hetero) is 2. The number of rotatable bonds is 2. The highest BCUT2D eigenvalue weighted by Gasteiger charge is 2.61. The summed E-state index contributed by atoms with van der Waals surface area (Å²) in [6.45, 7) is 0. The summed E-state index contributed by atoms with van der Waals surface area (Å²) in [5.41, 5.74) is 2.85. The topological polar surface area (TPSA) is 82.3 Å². The number of fused-ring (bicyclic) bond motifs is 12. The molecule has 0 spiro atoms. The van der Waals surface area contributed by atoms with E-state index in [1.165, 1.54) is 75.3 Å². The zero-order valence-electron chi connectivity index (χ0n) is 30.9. The minimum absolute atomic E-state index is 0.130. The zero-order valence-corrected chi connectivity index (χ0v) is 30.9. The van der Waals surface area contributed by atoms with Crippen molar-refractivity contribution in [1.29, 1.82) is 0 Å². The van der Waals surface area contributed by atoms with E-state index in [9.17, 15) is 9.59 Å². The molecule has 5 saturated heterocycles. The normalized spacial score (nSPS) is 49.4. The third-order valence-corrected chi connectivity index (χ3v) is 17.1. The van der Waals surface area contributed by atoms with Gasteiger partial charge in [-0.05, 0) is 99.0 Å². The number of benzene rings is 2. The van der Waals surface area contributed by atoms with E-state index < -0.39 is 0 Å². The zero-order chi connectivity index (χ0) is 34.5. The second-order valence-corrected chi connectivity index (χ2v) is 19.1. The molecule has 18 atom stereocenters. The second kappa shape index (κ2) is 13.1. The van der Waals surface area contributed by atoms with E-state index in [0.29, 0.717) is 83.3 Å². The van der Waals surface area contributed by atoms with Gasteiger partial charge < -0.3 is 21.3 Å². The predicted octanol–water partition coefficient (Wildman–Crippen LogP) is 6.51. The minimum Gasteiger partial charge on any atom is -0.310 e. The Labute approximate surface area is 310 Å². The maximum Gasteiger partial charge on any atom is 0.140 e. The lowest BCUT2D eigenvalue weighted by atomic mass is 9.58. The molecule has 0 aromatic heterocycles. The lowest BCUT2D eigenvalue weighted by Gasteiger charge is -2.49. The molecular weight excluding hydrogens is 641 g/mol. The lowest BCUT2D eigenvalue weighted by molar-refractivity contribution is -0.137. The van der Waals surface area contributed by atoms with Crippen molar-refractivity contribution >= 4 is 11.6 Å². The summed E-state index contributed by atoms with van der Waals surface area (Å²) in [6.07, 6.45) is 16.2. The highest BCUT2D eigenvalue weighted by molar-refractivity contribution is 5.87. The molecule has 5 aliphatic heterocycles. The van der Waals surface area contributed by atoms with Crippen molar-refractivity contribution in [3.05, 3.63) is 71.8 Å². The Morgan fingerprint density at radius 2 is 0.808 bits per heavy atom. The summed E-state index contributed by atoms with van der Waals surface area (Å²) in [6, 6.07) is 25.4. The highest BCUT2D eigenvalue weighted by Crippen LogP contribution is 2.55. The van der Waals surface area contributed by atoms with Gasteiger partial charge >= 0.3 is 0 Å². The first-order valence-corrected chi connectivity index (χ1v) is 21.8. The number of carbonyl (C=O) groups excluding carboxylic acids is 2. The van der Waals surface area contributed by atoms with Gasteiger partial charge in [-0.3, -0.25) is 9.59 Å². The number of hydrogen-bond acceptors (Lipinski definition) is 6. The Morgan fingerprint density at radius 3 is 1.25 bits per heavy atom. The number of nitrogens with one attached hydrogen (secondary N) is 4. The predicted molar refractivity (Wildman–Crippen MR) is 204 cm³/mol. The Hall–Kier alpha value is -2.38. The number of ketones is 2. The van der Waals surface area contributed by atoms with Gasteiger partial charge in [-0.1, -0.05) is 86.3 Å². The van der Waals surface area contributed by atoms with Crippen molar-refractivity contribution in [1.82, 2.24) is 21.3 Å². The van der Waals surface area contributed by atoms with Crippen molar-refractivity contribution in [3.8, 4) is 0 Å². The van der Waals surface area contributed by atoms with Crippen molar-refractivity contribution in [2.75, 3.05) is 0 Å². The molecular formula is C46H60N4O2. The average molecular weight is 701 g/mol. The fraction of sp³-hybridized carbons (Fsp3) is 0.696. The van der Waals surface area contributed by atoms with E-state index >= 15 is 0 Å². The summed E-state index contributed by atoms with van der Waals surface area (Å²) in [7, 11) is 0. The summed E-state index contributed by atoms with van der Waals surface area (Å²) >= 11 is 0. The van der Waals surface area contributed by atoms with Gasteiger partial charge in [0.25, 0.3) is 0 Å². The second-order valence-electron chi connectivity index (χ2n) is 19.1. The molecule has 9 aliphatic rings. The molecule has 2 aromatic carbocycles. The van der Waals surface area contributed by atoms with Crippen LogP contribution in [-0.4, -0.2) is 59.9 Å². The van der Waals surface area contributed by atoms with Gasteiger partial charge in [0.2, 0.25) is 0 Å². The molecule has 18 unspecified atom stereocenters. The van der Waals surface area contributed by atoms with Crippen LogP contribution in [0.2, 0.25) is 0 Å². The Morgan fingerprint density at radius 1 is 0.404 bits per heavy atom.